The van der Waals surface area contributed by atoms with Gasteiger partial charge in [-0.2, -0.15) is 0 Å². The third-order valence-electron chi connectivity index (χ3n) is 3.35. The van der Waals surface area contributed by atoms with Gasteiger partial charge in [0, 0.05) is 0 Å². The van der Waals surface area contributed by atoms with Crippen LogP contribution < -0.4 is 5.48 Å². The van der Waals surface area contributed by atoms with E-state index < -0.39 is 0 Å². The average Bonchev–Trinajstić information content (AvgIpc) is 2.38. The topological polar surface area (TPSA) is 38.3 Å². The zero-order valence-corrected chi connectivity index (χ0v) is 10.2. The molecule has 3 heteroatoms. The highest BCUT2D eigenvalue weighted by Crippen LogP contribution is 2.25. The summed E-state index contributed by atoms with van der Waals surface area (Å²) in [5, 5.41) is 0. The van der Waals surface area contributed by atoms with Gasteiger partial charge in [-0.05, 0) is 31.4 Å². The maximum absolute atomic E-state index is 11.8. The Bertz CT molecular complexity index is 384. The van der Waals surface area contributed by atoms with Crippen molar-refractivity contribution in [2.75, 3.05) is 5.48 Å². The van der Waals surface area contributed by atoms with Gasteiger partial charge in [-0.15, -0.1) is 0 Å². The van der Waals surface area contributed by atoms with Crippen LogP contribution in [0.2, 0.25) is 0 Å². The fraction of sp³-hybridized carbons (Fsp3) is 0.500. The SMILES string of the molecule is Cc1ccccc1NOC(=O)C1CCCCC1. The first-order chi connectivity index (χ1) is 8.27. The summed E-state index contributed by atoms with van der Waals surface area (Å²) >= 11 is 0. The summed E-state index contributed by atoms with van der Waals surface area (Å²) in [6.45, 7) is 1.98. The van der Waals surface area contributed by atoms with Gasteiger partial charge in [-0.3, -0.25) is 0 Å². The number of para-hydroxylation sites is 1. The maximum atomic E-state index is 11.8. The number of hydrogen-bond donors (Lipinski definition) is 1. The summed E-state index contributed by atoms with van der Waals surface area (Å²) in [5.74, 6) is -0.0341. The molecule has 1 aromatic carbocycles. The van der Waals surface area contributed by atoms with Crippen LogP contribution in [-0.2, 0) is 9.63 Å². The number of aryl methyl sites for hydroxylation is 1. The highest BCUT2D eigenvalue weighted by molar-refractivity contribution is 5.73. The van der Waals surface area contributed by atoms with Crippen LogP contribution in [0.15, 0.2) is 24.3 Å². The lowest BCUT2D eigenvalue weighted by Crippen LogP contribution is -2.22. The molecular weight excluding hydrogens is 214 g/mol. The standard InChI is InChI=1S/C14H19NO2/c1-11-7-5-6-10-13(11)15-17-14(16)12-8-3-2-4-9-12/h5-7,10,12,15H,2-4,8-9H2,1H3. The number of rotatable bonds is 3. The molecule has 0 unspecified atom stereocenters. The first kappa shape index (κ1) is 12.0. The van der Waals surface area contributed by atoms with Crippen LogP contribution in [0.3, 0.4) is 0 Å². The van der Waals surface area contributed by atoms with E-state index in [0.29, 0.717) is 0 Å². The molecule has 1 fully saturated rings. The van der Waals surface area contributed by atoms with Crippen molar-refractivity contribution in [3.8, 4) is 0 Å². The third-order valence-corrected chi connectivity index (χ3v) is 3.35. The molecule has 0 radical (unpaired) electrons. The minimum Gasteiger partial charge on any atom is -0.343 e. The fourth-order valence-electron chi connectivity index (χ4n) is 2.21. The maximum Gasteiger partial charge on any atom is 0.335 e. The molecule has 2 rings (SSSR count). The molecular formula is C14H19NO2. The van der Waals surface area contributed by atoms with Crippen molar-refractivity contribution in [2.24, 2.45) is 5.92 Å². The molecule has 0 aliphatic heterocycles. The zero-order chi connectivity index (χ0) is 12.1. The van der Waals surface area contributed by atoms with Gasteiger partial charge in [-0.25, -0.2) is 10.3 Å². The molecule has 17 heavy (non-hydrogen) atoms. The van der Waals surface area contributed by atoms with Crippen molar-refractivity contribution in [3.05, 3.63) is 29.8 Å². The van der Waals surface area contributed by atoms with Crippen LogP contribution in [0.25, 0.3) is 0 Å². The number of nitrogens with one attached hydrogen (secondary N) is 1. The summed E-state index contributed by atoms with van der Waals surface area (Å²) in [5.41, 5.74) is 4.69. The van der Waals surface area contributed by atoms with E-state index in [9.17, 15) is 4.79 Å². The van der Waals surface area contributed by atoms with Crippen molar-refractivity contribution >= 4 is 11.7 Å². The van der Waals surface area contributed by atoms with Gasteiger partial charge in [0.15, 0.2) is 0 Å². The van der Waals surface area contributed by atoms with Crippen molar-refractivity contribution in [1.82, 2.24) is 0 Å². The van der Waals surface area contributed by atoms with E-state index in [1.807, 2.05) is 31.2 Å². The summed E-state index contributed by atoms with van der Waals surface area (Å²) < 4.78 is 0. The number of benzene rings is 1. The Morgan fingerprint density at radius 2 is 1.94 bits per heavy atom. The second-order valence-corrected chi connectivity index (χ2v) is 4.67. The minimum atomic E-state index is -0.118. The fourth-order valence-corrected chi connectivity index (χ4v) is 2.21. The number of carbonyl (C=O) groups is 1. The van der Waals surface area contributed by atoms with Crippen molar-refractivity contribution in [1.29, 1.82) is 0 Å². The largest absolute Gasteiger partial charge is 0.343 e. The van der Waals surface area contributed by atoms with Gasteiger partial charge < -0.3 is 4.84 Å². The lowest BCUT2D eigenvalue weighted by atomic mass is 9.89. The van der Waals surface area contributed by atoms with Crippen molar-refractivity contribution in [3.63, 3.8) is 0 Å². The Hall–Kier alpha value is -1.51. The molecule has 3 nitrogen and oxygen atoms in total. The summed E-state index contributed by atoms with van der Waals surface area (Å²) in [6.07, 6.45) is 5.46. The minimum absolute atomic E-state index is 0.0836. The smallest absolute Gasteiger partial charge is 0.335 e. The molecule has 0 spiro atoms. The normalized spacial score (nSPS) is 16.5. The molecule has 0 atom stereocenters. The molecule has 1 aromatic rings. The van der Waals surface area contributed by atoms with E-state index in [-0.39, 0.29) is 11.9 Å². The van der Waals surface area contributed by atoms with Gasteiger partial charge in [0.1, 0.15) is 0 Å². The highest BCUT2D eigenvalue weighted by atomic mass is 16.7. The lowest BCUT2D eigenvalue weighted by Gasteiger charge is -2.20. The molecule has 0 bridgehead atoms. The van der Waals surface area contributed by atoms with E-state index in [1.54, 1.807) is 0 Å². The zero-order valence-electron chi connectivity index (χ0n) is 10.2. The third kappa shape index (κ3) is 3.22. The van der Waals surface area contributed by atoms with Gasteiger partial charge in [-0.1, -0.05) is 37.5 Å². The van der Waals surface area contributed by atoms with E-state index in [1.165, 1.54) is 6.42 Å². The van der Waals surface area contributed by atoms with Gasteiger partial charge >= 0.3 is 5.97 Å². The van der Waals surface area contributed by atoms with Crippen LogP contribution in [0.4, 0.5) is 5.69 Å². The molecule has 92 valence electrons. The van der Waals surface area contributed by atoms with Crippen LogP contribution in [0.5, 0.6) is 0 Å². The van der Waals surface area contributed by atoms with Gasteiger partial charge in [0.25, 0.3) is 0 Å². The summed E-state index contributed by atoms with van der Waals surface area (Å²) in [4.78, 5) is 17.0. The van der Waals surface area contributed by atoms with Crippen LogP contribution in [0, 0.1) is 12.8 Å². The molecule has 1 saturated carbocycles. The van der Waals surface area contributed by atoms with Crippen molar-refractivity contribution in [2.45, 2.75) is 39.0 Å². The molecule has 1 N–H and O–H groups in total. The molecule has 1 aliphatic carbocycles. The number of hydrogen-bond acceptors (Lipinski definition) is 3. The van der Waals surface area contributed by atoms with Crippen LogP contribution in [-0.4, -0.2) is 5.97 Å². The van der Waals surface area contributed by atoms with Crippen LogP contribution in [0.1, 0.15) is 37.7 Å². The molecule has 0 saturated heterocycles. The Morgan fingerprint density at radius 3 is 2.65 bits per heavy atom. The Balaban J connectivity index is 1.85. The molecule has 0 amide bonds. The highest BCUT2D eigenvalue weighted by Gasteiger charge is 2.22. The Morgan fingerprint density at radius 1 is 1.24 bits per heavy atom. The second kappa shape index (κ2) is 5.71. The summed E-state index contributed by atoms with van der Waals surface area (Å²) in [7, 11) is 0. The molecule has 0 aromatic heterocycles. The quantitative estimate of drug-likeness (QED) is 0.813. The van der Waals surface area contributed by atoms with Gasteiger partial charge in [0.05, 0.1) is 11.6 Å². The predicted octanol–water partition coefficient (Wildman–Crippen LogP) is 3.45. The van der Waals surface area contributed by atoms with E-state index in [2.05, 4.69) is 5.48 Å². The van der Waals surface area contributed by atoms with Gasteiger partial charge in [0.2, 0.25) is 0 Å². The van der Waals surface area contributed by atoms with E-state index in [4.69, 9.17) is 4.84 Å². The second-order valence-electron chi connectivity index (χ2n) is 4.67. The van der Waals surface area contributed by atoms with Crippen LogP contribution >= 0.6 is 0 Å². The molecule has 0 heterocycles. The van der Waals surface area contributed by atoms with Crippen molar-refractivity contribution < 1.29 is 9.63 Å². The average molecular weight is 233 g/mol. The summed E-state index contributed by atoms with van der Waals surface area (Å²) in [6, 6.07) is 7.77. The predicted molar refractivity (Wildman–Crippen MR) is 67.5 cm³/mol. The lowest BCUT2D eigenvalue weighted by molar-refractivity contribution is -0.146. The molecule has 1 aliphatic rings. The Kier molecular flexibility index (Phi) is 4.02. The first-order valence-corrected chi connectivity index (χ1v) is 6.29. The Labute approximate surface area is 102 Å². The van der Waals surface area contributed by atoms with E-state index in [0.717, 1.165) is 36.9 Å². The number of anilines is 1. The number of carbonyl (C=O) groups excluding carboxylic acids is 1. The monoisotopic (exact) mass is 233 g/mol. The first-order valence-electron chi connectivity index (χ1n) is 6.29. The van der Waals surface area contributed by atoms with E-state index >= 15 is 0 Å².